The van der Waals surface area contributed by atoms with E-state index in [-0.39, 0.29) is 0 Å². The van der Waals surface area contributed by atoms with Gasteiger partial charge in [0.25, 0.3) is 6.64 Å². The van der Waals surface area contributed by atoms with E-state index in [2.05, 4.69) is 18.5 Å². The Morgan fingerprint density at radius 2 is 1.53 bits per heavy atom. The van der Waals surface area contributed by atoms with Crippen molar-refractivity contribution >= 4 is 18.4 Å². The Labute approximate surface area is 98.4 Å². The fourth-order valence-electron chi connectivity index (χ4n) is 1.14. The summed E-state index contributed by atoms with van der Waals surface area (Å²) < 4.78 is 13.7. The molecule has 0 saturated carbocycles. The van der Waals surface area contributed by atoms with E-state index in [0.29, 0.717) is 0 Å². The van der Waals surface area contributed by atoms with Gasteiger partial charge in [-0.2, -0.15) is 0 Å². The lowest BCUT2D eigenvalue weighted by atomic mass is 10.4. The van der Waals surface area contributed by atoms with Crippen LogP contribution in [0.3, 0.4) is 0 Å². The maximum Gasteiger partial charge on any atom is 0.264 e. The summed E-state index contributed by atoms with van der Waals surface area (Å²) in [6, 6.07) is 0. The van der Waals surface area contributed by atoms with E-state index in [9.17, 15) is 0 Å². The molecule has 1 aliphatic rings. The molecule has 90 valence electrons. The lowest BCUT2D eigenvalue weighted by molar-refractivity contribution is 0.223. The molecule has 0 bridgehead atoms. The molecule has 0 radical (unpaired) electrons. The molecule has 0 unspecified atom stereocenters. The molecule has 1 rings (SSSR count). The van der Waals surface area contributed by atoms with E-state index >= 15 is 0 Å². The Kier molecular flexibility index (Phi) is 6.32. The van der Waals surface area contributed by atoms with Crippen molar-refractivity contribution in [3.05, 3.63) is 0 Å². The van der Waals surface area contributed by atoms with Crippen LogP contribution in [0.15, 0.2) is 0 Å². The molecule has 3 nitrogen and oxygen atoms in total. The predicted molar refractivity (Wildman–Crippen MR) is 67.6 cm³/mol. The fourth-order valence-corrected chi connectivity index (χ4v) is 3.78. The highest BCUT2D eigenvalue weighted by molar-refractivity contribution is 8.08. The van der Waals surface area contributed by atoms with Gasteiger partial charge in [0.15, 0.2) is 0 Å². The summed E-state index contributed by atoms with van der Waals surface area (Å²) in [5, 5.41) is 0. The van der Waals surface area contributed by atoms with E-state index in [1.165, 1.54) is 0 Å². The van der Waals surface area contributed by atoms with Gasteiger partial charge in [-0.05, 0) is 24.6 Å². The van der Waals surface area contributed by atoms with Gasteiger partial charge >= 0.3 is 0 Å². The van der Waals surface area contributed by atoms with Crippen LogP contribution in [0, 0.1) is 0 Å². The minimum absolute atomic E-state index is 0.746. The van der Waals surface area contributed by atoms with Crippen LogP contribution < -0.4 is 0 Å². The molecule has 15 heavy (non-hydrogen) atoms. The minimum atomic E-state index is -2.07. The summed E-state index contributed by atoms with van der Waals surface area (Å²) in [7, 11) is 0. The van der Waals surface area contributed by atoms with E-state index < -0.39 is 6.64 Å². The predicted octanol–water partition coefficient (Wildman–Crippen LogP) is 3.16. The van der Waals surface area contributed by atoms with Crippen molar-refractivity contribution in [2.45, 2.75) is 39.5 Å². The Balaban J connectivity index is 2.29. The average Bonchev–Trinajstić information content (AvgIpc) is 3.02. The first kappa shape index (κ1) is 13.6. The Bertz CT molecular complexity index is 207. The maximum atomic E-state index is 5.77. The molecule has 0 amide bonds. The normalized spacial score (nSPS) is 16.9. The van der Waals surface area contributed by atoms with Crippen LogP contribution in [0.1, 0.15) is 39.5 Å². The molecular weight excluding hydrogens is 229 g/mol. The van der Waals surface area contributed by atoms with Crippen molar-refractivity contribution in [2.75, 3.05) is 26.3 Å². The van der Waals surface area contributed by atoms with Crippen LogP contribution in [0.2, 0.25) is 0 Å². The third kappa shape index (κ3) is 4.92. The number of hydrogen-bond acceptors (Lipinski definition) is 3. The largest absolute Gasteiger partial charge is 0.318 e. The Morgan fingerprint density at radius 3 is 1.87 bits per heavy atom. The van der Waals surface area contributed by atoms with Gasteiger partial charge in [-0.25, -0.2) is 4.67 Å². The molecule has 5 heteroatoms. The van der Waals surface area contributed by atoms with Crippen molar-refractivity contribution in [2.24, 2.45) is 0 Å². The first-order valence-corrected chi connectivity index (χ1v) is 8.46. The van der Waals surface area contributed by atoms with Gasteiger partial charge in [0, 0.05) is 13.1 Å². The molecule has 0 N–H and O–H groups in total. The molecule has 1 aliphatic heterocycles. The van der Waals surface area contributed by atoms with Crippen LogP contribution in [0.4, 0.5) is 0 Å². The molecule has 0 spiro atoms. The third-order valence-electron chi connectivity index (χ3n) is 2.27. The number of nitrogens with zero attached hydrogens (tertiary/aromatic N) is 1. The molecule has 0 aromatic carbocycles. The molecule has 1 fully saturated rings. The summed E-state index contributed by atoms with van der Waals surface area (Å²) in [5.74, 6) is 0. The molecule has 0 atom stereocenters. The highest BCUT2D eigenvalue weighted by Crippen LogP contribution is 2.56. The summed E-state index contributed by atoms with van der Waals surface area (Å²) in [4.78, 5) is 0. The second-order valence-corrected chi connectivity index (χ2v) is 7.20. The van der Waals surface area contributed by atoms with Gasteiger partial charge in [0.1, 0.15) is 0 Å². The number of unbranched alkanes of at least 4 members (excludes halogenated alkanes) is 2. The number of rotatable bonds is 9. The van der Waals surface area contributed by atoms with Crippen molar-refractivity contribution in [1.82, 2.24) is 4.67 Å². The highest BCUT2D eigenvalue weighted by atomic mass is 32.5. The topological polar surface area (TPSA) is 21.5 Å². The smallest absolute Gasteiger partial charge is 0.264 e. The van der Waals surface area contributed by atoms with Crippen LogP contribution in [0.5, 0.6) is 0 Å². The average molecular weight is 251 g/mol. The molecule has 0 aromatic rings. The summed E-state index contributed by atoms with van der Waals surface area (Å²) in [6.07, 6.45) is 4.43. The fraction of sp³-hybridized carbons (Fsp3) is 1.00. The zero-order chi connectivity index (χ0) is 11.1. The standard InChI is InChI=1S/C10H22NO2PS/c1-3-5-9-12-14(15,11-7-8-11)13-10-6-4-2/h3-10H2,1-2H3. The molecular formula is C10H22NO2PS. The second kappa shape index (κ2) is 6.97. The first-order valence-electron chi connectivity index (χ1n) is 5.87. The van der Waals surface area contributed by atoms with Crippen LogP contribution in [-0.4, -0.2) is 31.0 Å². The van der Waals surface area contributed by atoms with Crippen LogP contribution in [-0.2, 0) is 20.9 Å². The maximum absolute atomic E-state index is 5.77. The van der Waals surface area contributed by atoms with Gasteiger partial charge in [0.05, 0.1) is 13.2 Å². The second-order valence-electron chi connectivity index (χ2n) is 3.80. The molecule has 1 saturated heterocycles. The van der Waals surface area contributed by atoms with Crippen LogP contribution >= 0.6 is 6.64 Å². The van der Waals surface area contributed by atoms with Crippen molar-refractivity contribution in [1.29, 1.82) is 0 Å². The van der Waals surface area contributed by atoms with E-state index in [0.717, 1.165) is 52.0 Å². The SMILES string of the molecule is CCCCOP(=S)(OCCCC)N1CC1. The first-order chi connectivity index (χ1) is 7.23. The zero-order valence-corrected chi connectivity index (χ0v) is 11.5. The summed E-state index contributed by atoms with van der Waals surface area (Å²) in [5.41, 5.74) is 0. The third-order valence-corrected chi connectivity index (χ3v) is 5.71. The summed E-state index contributed by atoms with van der Waals surface area (Å²) >= 11 is 5.51. The quantitative estimate of drug-likeness (QED) is 0.356. The van der Waals surface area contributed by atoms with Gasteiger partial charge in [-0.1, -0.05) is 26.7 Å². The molecule has 0 aromatic heterocycles. The van der Waals surface area contributed by atoms with Gasteiger partial charge in [0.2, 0.25) is 0 Å². The summed E-state index contributed by atoms with van der Waals surface area (Å²) in [6.45, 7) is 5.83. The van der Waals surface area contributed by atoms with Crippen molar-refractivity contribution in [3.8, 4) is 0 Å². The molecule has 0 aliphatic carbocycles. The van der Waals surface area contributed by atoms with Gasteiger partial charge in [-0.15, -0.1) is 0 Å². The van der Waals surface area contributed by atoms with Gasteiger partial charge in [-0.3, -0.25) is 0 Å². The van der Waals surface area contributed by atoms with Crippen LogP contribution in [0.25, 0.3) is 0 Å². The molecule has 1 heterocycles. The van der Waals surface area contributed by atoms with Crippen molar-refractivity contribution in [3.63, 3.8) is 0 Å². The van der Waals surface area contributed by atoms with E-state index in [4.69, 9.17) is 20.9 Å². The number of hydrogen-bond donors (Lipinski definition) is 0. The minimum Gasteiger partial charge on any atom is -0.318 e. The zero-order valence-electron chi connectivity index (χ0n) is 9.78. The van der Waals surface area contributed by atoms with E-state index in [1.54, 1.807) is 0 Å². The monoisotopic (exact) mass is 251 g/mol. The van der Waals surface area contributed by atoms with Gasteiger partial charge < -0.3 is 9.05 Å². The Hall–Kier alpha value is 0.530. The van der Waals surface area contributed by atoms with Crippen molar-refractivity contribution < 1.29 is 9.05 Å². The highest BCUT2D eigenvalue weighted by Gasteiger charge is 2.36. The van der Waals surface area contributed by atoms with E-state index in [1.807, 2.05) is 0 Å². The lowest BCUT2D eigenvalue weighted by Crippen LogP contribution is -2.05. The Morgan fingerprint density at radius 1 is 1.07 bits per heavy atom. The lowest BCUT2D eigenvalue weighted by Gasteiger charge is -2.22.